The summed E-state index contributed by atoms with van der Waals surface area (Å²) in [7, 11) is -3.55. The highest BCUT2D eigenvalue weighted by Gasteiger charge is 2.33. The van der Waals surface area contributed by atoms with Crippen LogP contribution >= 0.6 is 15.9 Å². The predicted octanol–water partition coefficient (Wildman–Crippen LogP) is 4.99. The number of halogens is 1. The summed E-state index contributed by atoms with van der Waals surface area (Å²) >= 11 is 3.56. The molecule has 10 heteroatoms. The monoisotopic (exact) mass is 568 g/mol. The third-order valence-corrected chi connectivity index (χ3v) is 9.48. The molecule has 4 heterocycles. The molecule has 0 amide bonds. The molecule has 1 saturated heterocycles. The van der Waals surface area contributed by atoms with Crippen LogP contribution in [-0.2, 0) is 16.6 Å². The molecule has 0 spiro atoms. The Kier molecular flexibility index (Phi) is 6.84. The normalized spacial score (nSPS) is 15.4. The zero-order chi connectivity index (χ0) is 25.4. The molecule has 1 N–H and O–H groups in total. The third-order valence-electron chi connectivity index (χ3n) is 6.72. The van der Waals surface area contributed by atoms with Crippen LogP contribution in [-0.4, -0.2) is 45.4 Å². The molecule has 8 nitrogen and oxygen atoms in total. The highest BCUT2D eigenvalue weighted by molar-refractivity contribution is 9.10. The SMILES string of the molecule is Cc1cc(C)c(S(=O)(=O)N2CCC(c3cc(NCc4cccnc4)n4ncc(Br)c4n3)CC2)c(C)c1. The second-order valence-electron chi connectivity index (χ2n) is 9.42. The van der Waals surface area contributed by atoms with Crippen LogP contribution in [0, 0.1) is 20.8 Å². The van der Waals surface area contributed by atoms with Gasteiger partial charge in [0.2, 0.25) is 10.0 Å². The number of aryl methyl sites for hydroxylation is 3. The molecule has 1 aromatic carbocycles. The third kappa shape index (κ3) is 4.77. The lowest BCUT2D eigenvalue weighted by Crippen LogP contribution is -2.38. The van der Waals surface area contributed by atoms with E-state index >= 15 is 0 Å². The number of nitrogens with one attached hydrogen (secondary N) is 1. The van der Waals surface area contributed by atoms with Gasteiger partial charge in [-0.05, 0) is 72.3 Å². The molecule has 0 bridgehead atoms. The van der Waals surface area contributed by atoms with Crippen molar-refractivity contribution in [1.82, 2.24) is 23.9 Å². The zero-order valence-electron chi connectivity index (χ0n) is 20.6. The topological polar surface area (TPSA) is 92.5 Å². The average molecular weight is 570 g/mol. The molecular weight excluding hydrogens is 540 g/mol. The van der Waals surface area contributed by atoms with Crippen molar-refractivity contribution >= 4 is 37.4 Å². The number of aromatic nitrogens is 4. The number of fused-ring (bicyclic) bond motifs is 1. The molecule has 0 saturated carbocycles. The van der Waals surface area contributed by atoms with Gasteiger partial charge in [0.1, 0.15) is 5.82 Å². The Hall–Kier alpha value is -2.82. The van der Waals surface area contributed by atoms with Gasteiger partial charge >= 0.3 is 0 Å². The number of nitrogens with zero attached hydrogens (tertiary/aromatic N) is 5. The fourth-order valence-electron chi connectivity index (χ4n) is 5.08. The summed E-state index contributed by atoms with van der Waals surface area (Å²) < 4.78 is 31.3. The van der Waals surface area contributed by atoms with Gasteiger partial charge in [0.15, 0.2) is 5.65 Å². The molecule has 0 radical (unpaired) electrons. The molecule has 5 rings (SSSR count). The molecule has 36 heavy (non-hydrogen) atoms. The minimum absolute atomic E-state index is 0.155. The van der Waals surface area contributed by atoms with E-state index in [1.807, 2.05) is 57.3 Å². The Balaban J connectivity index is 1.37. The lowest BCUT2D eigenvalue weighted by atomic mass is 9.94. The van der Waals surface area contributed by atoms with Gasteiger partial charge in [0.25, 0.3) is 0 Å². The van der Waals surface area contributed by atoms with E-state index in [0.717, 1.165) is 43.9 Å². The van der Waals surface area contributed by atoms with Gasteiger partial charge in [-0.1, -0.05) is 23.8 Å². The van der Waals surface area contributed by atoms with E-state index in [9.17, 15) is 8.42 Å². The summed E-state index contributed by atoms with van der Waals surface area (Å²) in [5.74, 6) is 0.993. The average Bonchev–Trinajstić information content (AvgIpc) is 3.23. The zero-order valence-corrected chi connectivity index (χ0v) is 23.0. The molecule has 1 fully saturated rings. The number of piperidine rings is 1. The second kappa shape index (κ2) is 9.91. The van der Waals surface area contributed by atoms with Crippen molar-refractivity contribution in [3.05, 3.63) is 81.3 Å². The first-order valence-corrected chi connectivity index (χ1v) is 14.2. The van der Waals surface area contributed by atoms with Crippen LogP contribution in [0.1, 0.15) is 46.7 Å². The van der Waals surface area contributed by atoms with Crippen molar-refractivity contribution in [2.45, 2.75) is 51.0 Å². The van der Waals surface area contributed by atoms with Crippen molar-refractivity contribution in [3.8, 4) is 0 Å². The van der Waals surface area contributed by atoms with Crippen LogP contribution in [0.5, 0.6) is 0 Å². The number of rotatable bonds is 6. The molecule has 1 aliphatic rings. The van der Waals surface area contributed by atoms with Crippen molar-refractivity contribution in [2.24, 2.45) is 0 Å². The highest BCUT2D eigenvalue weighted by Crippen LogP contribution is 2.34. The van der Waals surface area contributed by atoms with E-state index in [4.69, 9.17) is 4.98 Å². The number of pyridine rings is 1. The van der Waals surface area contributed by atoms with E-state index in [1.165, 1.54) is 0 Å². The van der Waals surface area contributed by atoms with E-state index in [-0.39, 0.29) is 5.92 Å². The second-order valence-corrected chi connectivity index (χ2v) is 12.1. The summed E-state index contributed by atoms with van der Waals surface area (Å²) in [6, 6.07) is 9.85. The molecular formula is C26H29BrN6O2S. The fraction of sp³-hybridized carbons (Fsp3) is 0.346. The first-order chi connectivity index (χ1) is 17.2. The van der Waals surface area contributed by atoms with Gasteiger partial charge in [-0.3, -0.25) is 4.98 Å². The largest absolute Gasteiger partial charge is 0.366 e. The first kappa shape index (κ1) is 24.9. The van der Waals surface area contributed by atoms with Gasteiger partial charge in [-0.15, -0.1) is 0 Å². The van der Waals surface area contributed by atoms with Gasteiger partial charge in [0, 0.05) is 49.7 Å². The number of anilines is 1. The fourth-order valence-corrected chi connectivity index (χ4v) is 7.31. The van der Waals surface area contributed by atoms with E-state index < -0.39 is 10.0 Å². The van der Waals surface area contributed by atoms with Crippen molar-refractivity contribution < 1.29 is 8.42 Å². The maximum Gasteiger partial charge on any atom is 0.243 e. The van der Waals surface area contributed by atoms with Crippen LogP contribution in [0.2, 0.25) is 0 Å². The Morgan fingerprint density at radius 3 is 2.47 bits per heavy atom. The van der Waals surface area contributed by atoms with Crippen LogP contribution < -0.4 is 5.32 Å². The quantitative estimate of drug-likeness (QED) is 0.352. The van der Waals surface area contributed by atoms with Gasteiger partial charge in [-0.2, -0.15) is 13.9 Å². The molecule has 188 valence electrons. The molecule has 1 aliphatic heterocycles. The van der Waals surface area contributed by atoms with E-state index in [1.54, 1.807) is 21.2 Å². The maximum atomic E-state index is 13.5. The standard InChI is InChI=1S/C26H29BrN6O2S/c1-17-11-18(2)25(19(3)12-17)36(34,35)32-9-6-21(7-10-32)23-13-24(29-15-20-5-4-8-28-14-20)33-26(31-23)22(27)16-30-33/h4-5,8,11-14,16,21,29H,6-7,9-10,15H2,1-3H3. The lowest BCUT2D eigenvalue weighted by Gasteiger charge is -2.32. The van der Waals surface area contributed by atoms with Crippen molar-refractivity contribution in [1.29, 1.82) is 0 Å². The van der Waals surface area contributed by atoms with Crippen LogP contribution in [0.4, 0.5) is 5.82 Å². The Morgan fingerprint density at radius 1 is 1.08 bits per heavy atom. The van der Waals surface area contributed by atoms with Gasteiger partial charge < -0.3 is 5.32 Å². The summed E-state index contributed by atoms with van der Waals surface area (Å²) in [5, 5.41) is 7.92. The van der Waals surface area contributed by atoms with Crippen molar-refractivity contribution in [3.63, 3.8) is 0 Å². The van der Waals surface area contributed by atoms with Crippen LogP contribution in [0.3, 0.4) is 0 Å². The minimum Gasteiger partial charge on any atom is -0.366 e. The van der Waals surface area contributed by atoms with Gasteiger partial charge in [-0.25, -0.2) is 13.4 Å². The Bertz CT molecular complexity index is 1490. The molecule has 0 aliphatic carbocycles. The maximum absolute atomic E-state index is 13.5. The molecule has 0 unspecified atom stereocenters. The number of sulfonamides is 1. The Morgan fingerprint density at radius 2 is 1.81 bits per heavy atom. The van der Waals surface area contributed by atoms with E-state index in [0.29, 0.717) is 37.4 Å². The predicted molar refractivity (Wildman–Crippen MR) is 144 cm³/mol. The molecule has 0 atom stereocenters. The van der Waals surface area contributed by atoms with E-state index in [2.05, 4.69) is 31.3 Å². The number of benzene rings is 1. The summed E-state index contributed by atoms with van der Waals surface area (Å²) in [6.07, 6.45) is 6.74. The summed E-state index contributed by atoms with van der Waals surface area (Å²) in [6.45, 7) is 7.28. The summed E-state index contributed by atoms with van der Waals surface area (Å²) in [5.41, 5.74) is 5.42. The smallest absolute Gasteiger partial charge is 0.243 e. The van der Waals surface area contributed by atoms with Crippen molar-refractivity contribution in [2.75, 3.05) is 18.4 Å². The highest BCUT2D eigenvalue weighted by atomic mass is 79.9. The number of hydrogen-bond acceptors (Lipinski definition) is 6. The molecule has 3 aromatic heterocycles. The number of hydrogen-bond donors (Lipinski definition) is 1. The van der Waals surface area contributed by atoms with Crippen LogP contribution in [0.15, 0.2) is 58.3 Å². The minimum atomic E-state index is -3.55. The Labute approximate surface area is 220 Å². The molecule has 4 aromatic rings. The van der Waals surface area contributed by atoms with Gasteiger partial charge in [0.05, 0.1) is 15.6 Å². The lowest BCUT2D eigenvalue weighted by molar-refractivity contribution is 0.316. The summed E-state index contributed by atoms with van der Waals surface area (Å²) in [4.78, 5) is 9.51. The van der Waals surface area contributed by atoms with Crippen LogP contribution in [0.25, 0.3) is 5.65 Å². The first-order valence-electron chi connectivity index (χ1n) is 12.0.